The minimum atomic E-state index is -4.41. The van der Waals surface area contributed by atoms with Crippen molar-refractivity contribution >= 4 is 17.1 Å². The van der Waals surface area contributed by atoms with E-state index in [1.165, 1.54) is 12.1 Å². The Morgan fingerprint density at radius 3 is 2.50 bits per heavy atom. The Morgan fingerprint density at radius 1 is 1.17 bits per heavy atom. The Kier molecular flexibility index (Phi) is 4.01. The predicted molar refractivity (Wildman–Crippen MR) is 80.4 cm³/mol. The molecular formula is C17H12F3NO3. The maximum Gasteiger partial charge on any atom is 0.416 e. The lowest BCUT2D eigenvalue weighted by Gasteiger charge is -2.05. The van der Waals surface area contributed by atoms with E-state index in [-0.39, 0.29) is 18.1 Å². The number of fused-ring (bicyclic) bond motifs is 1. The predicted octanol–water partition coefficient (Wildman–Crippen LogP) is 4.69. The normalized spacial score (nSPS) is 11.7. The average Bonchev–Trinajstić information content (AvgIpc) is 2.98. The lowest BCUT2D eigenvalue weighted by atomic mass is 10.1. The van der Waals surface area contributed by atoms with E-state index in [4.69, 9.17) is 9.15 Å². The summed E-state index contributed by atoms with van der Waals surface area (Å²) in [5.74, 6) is -0.397. The first kappa shape index (κ1) is 16.0. The summed E-state index contributed by atoms with van der Waals surface area (Å²) in [6.45, 7) is 1.91. The molecule has 0 bridgehead atoms. The summed E-state index contributed by atoms with van der Waals surface area (Å²) < 4.78 is 48.3. The standard InChI is InChI=1S/C17H12F3NO3/c1-2-23-16(22)12-4-3-5-13-14(12)21-15(24-13)10-6-8-11(9-7-10)17(18,19)20/h3-9H,2H2,1H3. The van der Waals surface area contributed by atoms with Crippen LogP contribution in [-0.2, 0) is 10.9 Å². The lowest BCUT2D eigenvalue weighted by Crippen LogP contribution is -2.05. The highest BCUT2D eigenvalue weighted by atomic mass is 19.4. The largest absolute Gasteiger partial charge is 0.462 e. The van der Waals surface area contributed by atoms with Crippen molar-refractivity contribution in [1.82, 2.24) is 4.98 Å². The van der Waals surface area contributed by atoms with Crippen molar-refractivity contribution in [2.75, 3.05) is 6.61 Å². The van der Waals surface area contributed by atoms with Gasteiger partial charge in [0.05, 0.1) is 17.7 Å². The molecule has 4 nitrogen and oxygen atoms in total. The number of carbonyl (C=O) groups is 1. The highest BCUT2D eigenvalue weighted by molar-refractivity contribution is 6.01. The van der Waals surface area contributed by atoms with Crippen LogP contribution in [0.15, 0.2) is 46.9 Å². The summed E-state index contributed by atoms with van der Waals surface area (Å²) in [6, 6.07) is 9.26. The molecule has 3 rings (SSSR count). The van der Waals surface area contributed by atoms with Crippen LogP contribution in [0.25, 0.3) is 22.6 Å². The van der Waals surface area contributed by atoms with Gasteiger partial charge in [0.1, 0.15) is 5.52 Å². The molecule has 0 aliphatic rings. The Labute approximate surface area is 134 Å². The van der Waals surface area contributed by atoms with Crippen LogP contribution in [0.3, 0.4) is 0 Å². The third-order valence-electron chi connectivity index (χ3n) is 3.37. The molecule has 0 saturated heterocycles. The van der Waals surface area contributed by atoms with E-state index in [0.717, 1.165) is 12.1 Å². The van der Waals surface area contributed by atoms with Crippen LogP contribution in [0, 0.1) is 0 Å². The highest BCUT2D eigenvalue weighted by Gasteiger charge is 2.30. The minimum absolute atomic E-state index is 0.135. The third kappa shape index (κ3) is 2.97. The van der Waals surface area contributed by atoms with Gasteiger partial charge in [-0.15, -0.1) is 0 Å². The van der Waals surface area contributed by atoms with Gasteiger partial charge < -0.3 is 9.15 Å². The van der Waals surface area contributed by atoms with Crippen molar-refractivity contribution in [1.29, 1.82) is 0 Å². The highest BCUT2D eigenvalue weighted by Crippen LogP contribution is 2.32. The number of para-hydroxylation sites is 1. The van der Waals surface area contributed by atoms with Gasteiger partial charge in [-0.05, 0) is 43.3 Å². The van der Waals surface area contributed by atoms with Gasteiger partial charge in [-0.2, -0.15) is 13.2 Å². The van der Waals surface area contributed by atoms with E-state index in [9.17, 15) is 18.0 Å². The SMILES string of the molecule is CCOC(=O)c1cccc2oc(-c3ccc(C(F)(F)F)cc3)nc12. The molecule has 124 valence electrons. The fraction of sp³-hybridized carbons (Fsp3) is 0.176. The number of rotatable bonds is 3. The smallest absolute Gasteiger partial charge is 0.416 e. The molecule has 1 heterocycles. The molecule has 0 amide bonds. The van der Waals surface area contributed by atoms with Crippen LogP contribution >= 0.6 is 0 Å². The van der Waals surface area contributed by atoms with Crippen LogP contribution < -0.4 is 0 Å². The Bertz CT molecular complexity index is 882. The molecule has 0 N–H and O–H groups in total. The maximum atomic E-state index is 12.6. The summed E-state index contributed by atoms with van der Waals surface area (Å²) in [5.41, 5.74) is 0.543. The second-order valence-corrected chi connectivity index (χ2v) is 4.97. The van der Waals surface area contributed by atoms with Gasteiger partial charge in [-0.3, -0.25) is 0 Å². The molecule has 24 heavy (non-hydrogen) atoms. The second kappa shape index (κ2) is 5.99. The summed E-state index contributed by atoms with van der Waals surface area (Å²) in [7, 11) is 0. The molecular weight excluding hydrogens is 323 g/mol. The van der Waals surface area contributed by atoms with E-state index >= 15 is 0 Å². The Hall–Kier alpha value is -2.83. The minimum Gasteiger partial charge on any atom is -0.462 e. The van der Waals surface area contributed by atoms with Crippen molar-refractivity contribution in [2.24, 2.45) is 0 Å². The molecule has 1 aromatic heterocycles. The summed E-state index contributed by atoms with van der Waals surface area (Å²) >= 11 is 0. The molecule has 0 saturated carbocycles. The van der Waals surface area contributed by atoms with Crippen LogP contribution in [0.2, 0.25) is 0 Å². The molecule has 0 aliphatic carbocycles. The van der Waals surface area contributed by atoms with Crippen LogP contribution in [-0.4, -0.2) is 17.6 Å². The molecule has 0 spiro atoms. The van der Waals surface area contributed by atoms with E-state index < -0.39 is 17.7 Å². The third-order valence-corrected chi connectivity index (χ3v) is 3.37. The monoisotopic (exact) mass is 335 g/mol. The number of oxazole rings is 1. The number of esters is 1. The number of benzene rings is 2. The zero-order valence-corrected chi connectivity index (χ0v) is 12.6. The number of aromatic nitrogens is 1. The van der Waals surface area contributed by atoms with Crippen molar-refractivity contribution in [2.45, 2.75) is 13.1 Å². The zero-order chi connectivity index (χ0) is 17.3. The van der Waals surface area contributed by atoms with Crippen molar-refractivity contribution in [3.63, 3.8) is 0 Å². The lowest BCUT2D eigenvalue weighted by molar-refractivity contribution is -0.137. The first-order chi connectivity index (χ1) is 11.4. The fourth-order valence-electron chi connectivity index (χ4n) is 2.25. The van der Waals surface area contributed by atoms with Crippen molar-refractivity contribution < 1.29 is 27.1 Å². The Balaban J connectivity index is 2.02. The van der Waals surface area contributed by atoms with Gasteiger partial charge in [0.25, 0.3) is 0 Å². The number of alkyl halides is 3. The molecule has 7 heteroatoms. The van der Waals surface area contributed by atoms with Crippen LogP contribution in [0.1, 0.15) is 22.8 Å². The molecule has 0 aliphatic heterocycles. The average molecular weight is 335 g/mol. The molecule has 0 radical (unpaired) electrons. The van der Waals surface area contributed by atoms with Gasteiger partial charge in [-0.25, -0.2) is 9.78 Å². The van der Waals surface area contributed by atoms with Gasteiger partial charge in [0.2, 0.25) is 5.89 Å². The fourth-order valence-corrected chi connectivity index (χ4v) is 2.25. The van der Waals surface area contributed by atoms with E-state index in [2.05, 4.69) is 4.98 Å². The number of hydrogen-bond acceptors (Lipinski definition) is 4. The van der Waals surface area contributed by atoms with E-state index in [0.29, 0.717) is 16.7 Å². The topological polar surface area (TPSA) is 52.3 Å². The number of halogens is 3. The molecule has 0 fully saturated rings. The van der Waals surface area contributed by atoms with Gasteiger partial charge >= 0.3 is 12.1 Å². The van der Waals surface area contributed by atoms with E-state index in [1.54, 1.807) is 25.1 Å². The van der Waals surface area contributed by atoms with Gasteiger partial charge in [0, 0.05) is 5.56 Å². The summed E-state index contributed by atoms with van der Waals surface area (Å²) in [6.07, 6.45) is -4.41. The first-order valence-electron chi connectivity index (χ1n) is 7.14. The van der Waals surface area contributed by atoms with Crippen molar-refractivity contribution in [3.05, 3.63) is 53.6 Å². The molecule has 0 unspecified atom stereocenters. The number of hydrogen-bond donors (Lipinski definition) is 0. The van der Waals surface area contributed by atoms with Crippen LogP contribution in [0.4, 0.5) is 13.2 Å². The zero-order valence-electron chi connectivity index (χ0n) is 12.6. The van der Waals surface area contributed by atoms with Gasteiger partial charge in [0.15, 0.2) is 5.58 Å². The maximum absolute atomic E-state index is 12.6. The molecule has 2 aromatic carbocycles. The second-order valence-electron chi connectivity index (χ2n) is 4.97. The number of ether oxygens (including phenoxy) is 1. The summed E-state index contributed by atoms with van der Waals surface area (Å²) in [5, 5.41) is 0. The quantitative estimate of drug-likeness (QED) is 0.652. The van der Waals surface area contributed by atoms with Gasteiger partial charge in [-0.1, -0.05) is 6.07 Å². The molecule has 0 atom stereocenters. The molecule has 3 aromatic rings. The number of nitrogens with zero attached hydrogens (tertiary/aromatic N) is 1. The first-order valence-corrected chi connectivity index (χ1v) is 7.14. The van der Waals surface area contributed by atoms with Crippen LogP contribution in [0.5, 0.6) is 0 Å². The summed E-state index contributed by atoms with van der Waals surface area (Å²) in [4.78, 5) is 16.2. The van der Waals surface area contributed by atoms with Crippen molar-refractivity contribution in [3.8, 4) is 11.5 Å². The van der Waals surface area contributed by atoms with E-state index in [1.807, 2.05) is 0 Å². The number of carbonyl (C=O) groups excluding carboxylic acids is 1. The Morgan fingerprint density at radius 2 is 1.88 bits per heavy atom.